The number of rotatable bonds is 10. The Bertz CT molecular complexity index is 1260. The Labute approximate surface area is 199 Å². The fraction of sp³-hybridized carbons (Fsp3) is 0.286. The highest BCUT2D eigenvalue weighted by Gasteiger charge is 2.45. The summed E-state index contributed by atoms with van der Waals surface area (Å²) in [4.78, 5) is 34.7. The van der Waals surface area contributed by atoms with Gasteiger partial charge in [0.15, 0.2) is 11.3 Å². The minimum absolute atomic E-state index is 0.0941. The Balaban J connectivity index is 1.57. The third-order valence-corrected chi connectivity index (χ3v) is 6.75. The number of aliphatic carboxylic acids is 1. The summed E-state index contributed by atoms with van der Waals surface area (Å²) in [5.74, 6) is -0.602. The van der Waals surface area contributed by atoms with E-state index in [4.69, 9.17) is 4.74 Å². The molecule has 0 aliphatic carbocycles. The number of fused-ring (bicyclic) bond motifs is 1. The van der Waals surface area contributed by atoms with Crippen LogP contribution in [0, 0.1) is 5.41 Å². The van der Waals surface area contributed by atoms with Crippen molar-refractivity contribution < 1.29 is 19.4 Å². The van der Waals surface area contributed by atoms with Crippen LogP contribution < -0.4 is 4.74 Å². The van der Waals surface area contributed by atoms with Gasteiger partial charge in [-0.15, -0.1) is 0 Å². The van der Waals surface area contributed by atoms with Gasteiger partial charge >= 0.3 is 5.97 Å². The van der Waals surface area contributed by atoms with Gasteiger partial charge in [-0.1, -0.05) is 50.2 Å². The monoisotopic (exact) mass is 456 g/mol. The van der Waals surface area contributed by atoms with Crippen LogP contribution in [0.15, 0.2) is 77.8 Å². The third-order valence-electron chi connectivity index (χ3n) is 6.75. The number of Topliss-reactive ketones (excluding diaryl/α,β-unsaturated/α-hetero) is 1. The van der Waals surface area contributed by atoms with E-state index < -0.39 is 16.9 Å². The highest BCUT2D eigenvalue weighted by Crippen LogP contribution is 2.40. The molecule has 34 heavy (non-hydrogen) atoms. The summed E-state index contributed by atoms with van der Waals surface area (Å²) in [6.45, 7) is 3.89. The third kappa shape index (κ3) is 4.36. The van der Waals surface area contributed by atoms with Gasteiger partial charge in [0.05, 0.1) is 16.6 Å². The molecule has 0 bridgehead atoms. The Hall–Kier alpha value is -3.80. The van der Waals surface area contributed by atoms with Crippen molar-refractivity contribution in [2.75, 3.05) is 0 Å². The number of pyridine rings is 1. The number of allylic oxidation sites excluding steroid dienone is 1. The van der Waals surface area contributed by atoms with E-state index in [-0.39, 0.29) is 18.8 Å². The predicted octanol–water partition coefficient (Wildman–Crippen LogP) is 5.50. The zero-order valence-electron chi connectivity index (χ0n) is 19.4. The molecule has 1 aliphatic heterocycles. The van der Waals surface area contributed by atoms with Gasteiger partial charge in [0.2, 0.25) is 0 Å². The molecule has 1 N–H and O–H groups in total. The number of aliphatic imine (C=N–C) groups is 1. The van der Waals surface area contributed by atoms with E-state index in [9.17, 15) is 14.7 Å². The average Bonchev–Trinajstić information content (AvgIpc) is 3.37. The first-order valence-electron chi connectivity index (χ1n) is 11.5. The second kappa shape index (κ2) is 9.59. The van der Waals surface area contributed by atoms with Gasteiger partial charge in [-0.3, -0.25) is 14.6 Å². The lowest BCUT2D eigenvalue weighted by atomic mass is 9.73. The van der Waals surface area contributed by atoms with Gasteiger partial charge in [-0.05, 0) is 54.8 Å². The van der Waals surface area contributed by atoms with Crippen molar-refractivity contribution in [2.45, 2.75) is 45.3 Å². The van der Waals surface area contributed by atoms with Crippen LogP contribution in [-0.4, -0.2) is 28.1 Å². The summed E-state index contributed by atoms with van der Waals surface area (Å²) < 4.78 is 6.00. The second-order valence-corrected chi connectivity index (χ2v) is 8.61. The van der Waals surface area contributed by atoms with Gasteiger partial charge in [0, 0.05) is 18.0 Å². The number of carbonyl (C=O) groups is 2. The number of ether oxygens (including phenoxy) is 1. The number of benzene rings is 2. The Morgan fingerprint density at radius 3 is 2.53 bits per heavy atom. The first-order valence-corrected chi connectivity index (χ1v) is 11.5. The number of carbonyl (C=O) groups excluding carboxylic acids is 1. The smallest absolute Gasteiger partial charge is 0.310 e. The highest BCUT2D eigenvalue weighted by atomic mass is 16.5. The molecule has 0 spiro atoms. The van der Waals surface area contributed by atoms with Crippen LogP contribution in [0.5, 0.6) is 5.75 Å². The zero-order valence-corrected chi connectivity index (χ0v) is 19.4. The van der Waals surface area contributed by atoms with Crippen molar-refractivity contribution in [3.63, 3.8) is 0 Å². The van der Waals surface area contributed by atoms with E-state index in [1.165, 1.54) is 0 Å². The molecule has 0 saturated carbocycles. The van der Waals surface area contributed by atoms with E-state index in [0.717, 1.165) is 16.6 Å². The molecule has 0 fully saturated rings. The fourth-order valence-electron chi connectivity index (χ4n) is 4.37. The first-order chi connectivity index (χ1) is 16.4. The number of aromatic nitrogens is 1. The maximum absolute atomic E-state index is 13.5. The maximum Gasteiger partial charge on any atom is 0.310 e. The normalized spacial score (nSPS) is 17.2. The lowest BCUT2D eigenvalue weighted by molar-refractivity contribution is -0.152. The molecule has 1 unspecified atom stereocenters. The molecule has 174 valence electrons. The number of carboxylic acid groups (broad SMARTS) is 1. The molecular weight excluding hydrogens is 428 g/mol. The van der Waals surface area contributed by atoms with E-state index in [1.807, 2.05) is 54.6 Å². The van der Waals surface area contributed by atoms with E-state index >= 15 is 0 Å². The molecule has 3 aromatic rings. The summed E-state index contributed by atoms with van der Waals surface area (Å²) in [7, 11) is 0. The molecule has 1 aliphatic rings. The molecule has 6 nitrogen and oxygen atoms in total. The van der Waals surface area contributed by atoms with E-state index in [2.05, 4.69) is 9.98 Å². The van der Waals surface area contributed by atoms with Gasteiger partial charge in [0.25, 0.3) is 0 Å². The van der Waals surface area contributed by atoms with E-state index in [1.54, 1.807) is 38.3 Å². The number of nitrogens with zero attached hydrogens (tertiary/aromatic N) is 2. The average molecular weight is 457 g/mol. The Morgan fingerprint density at radius 2 is 1.82 bits per heavy atom. The van der Waals surface area contributed by atoms with Crippen LogP contribution in [0.2, 0.25) is 0 Å². The van der Waals surface area contributed by atoms with Crippen LogP contribution in [0.3, 0.4) is 0 Å². The van der Waals surface area contributed by atoms with Crippen molar-refractivity contribution in [2.24, 2.45) is 10.4 Å². The summed E-state index contributed by atoms with van der Waals surface area (Å²) in [5.41, 5.74) is 0.00203. The van der Waals surface area contributed by atoms with Gasteiger partial charge in [-0.2, -0.15) is 0 Å². The molecule has 4 rings (SSSR count). The fourth-order valence-corrected chi connectivity index (χ4v) is 4.37. The summed E-state index contributed by atoms with van der Waals surface area (Å²) in [6, 6.07) is 19.1. The quantitative estimate of drug-likeness (QED) is 0.435. The van der Waals surface area contributed by atoms with Crippen molar-refractivity contribution in [1.29, 1.82) is 0 Å². The molecule has 2 aromatic carbocycles. The van der Waals surface area contributed by atoms with Crippen LogP contribution in [0.25, 0.3) is 10.9 Å². The predicted molar refractivity (Wildman–Crippen MR) is 132 cm³/mol. The number of ketones is 1. The molecule has 1 atom stereocenters. The topological polar surface area (TPSA) is 88.9 Å². The molecule has 2 heterocycles. The first kappa shape index (κ1) is 23.4. The molecule has 0 amide bonds. The lowest BCUT2D eigenvalue weighted by Gasteiger charge is -2.31. The van der Waals surface area contributed by atoms with Gasteiger partial charge in [0.1, 0.15) is 12.4 Å². The van der Waals surface area contributed by atoms with Crippen LogP contribution in [0.4, 0.5) is 0 Å². The molecule has 6 heteroatoms. The van der Waals surface area contributed by atoms with Gasteiger partial charge in [-0.25, -0.2) is 4.98 Å². The lowest BCUT2D eigenvalue weighted by Crippen LogP contribution is -2.39. The largest absolute Gasteiger partial charge is 0.487 e. The maximum atomic E-state index is 13.5. The SMILES string of the molecule is CCC(CC)(CC(=O)C1(c2cccc(OCc3ccc4ccccc4n3)c2)C=CC=N1)C(=O)O. The zero-order chi connectivity index (χ0) is 24.2. The Morgan fingerprint density at radius 1 is 1.03 bits per heavy atom. The van der Waals surface area contributed by atoms with Crippen LogP contribution in [-0.2, 0) is 21.7 Å². The standard InChI is InChI=1S/C28H28N2O4/c1-3-27(4-2,26(32)33)18-25(31)28(15-8-16-29-28)21-10-7-11-23(17-21)34-19-22-14-13-20-9-5-6-12-24(20)30-22/h5-17H,3-4,18-19H2,1-2H3,(H,32,33). The van der Waals surface area contributed by atoms with Crippen LogP contribution in [0.1, 0.15) is 44.4 Å². The van der Waals surface area contributed by atoms with Crippen molar-refractivity contribution in [1.82, 2.24) is 4.98 Å². The summed E-state index contributed by atoms with van der Waals surface area (Å²) in [5, 5.41) is 10.9. The minimum Gasteiger partial charge on any atom is -0.487 e. The van der Waals surface area contributed by atoms with Crippen LogP contribution >= 0.6 is 0 Å². The van der Waals surface area contributed by atoms with Gasteiger partial charge < -0.3 is 9.84 Å². The summed E-state index contributed by atoms with van der Waals surface area (Å²) in [6.07, 6.45) is 5.70. The van der Waals surface area contributed by atoms with E-state index in [0.29, 0.717) is 24.2 Å². The molecule has 1 aromatic heterocycles. The Kier molecular flexibility index (Phi) is 6.59. The number of hydrogen-bond acceptors (Lipinski definition) is 5. The number of para-hydroxylation sites is 1. The highest BCUT2D eigenvalue weighted by molar-refractivity contribution is 5.99. The number of carboxylic acids is 1. The number of hydrogen-bond donors (Lipinski definition) is 1. The minimum atomic E-state index is -1.24. The summed E-state index contributed by atoms with van der Waals surface area (Å²) >= 11 is 0. The van der Waals surface area contributed by atoms with Crippen molar-refractivity contribution in [3.05, 3.63) is 84.1 Å². The molecule has 0 radical (unpaired) electrons. The second-order valence-electron chi connectivity index (χ2n) is 8.61. The molecule has 0 saturated heterocycles. The van der Waals surface area contributed by atoms with Crippen molar-refractivity contribution >= 4 is 28.9 Å². The van der Waals surface area contributed by atoms with Crippen molar-refractivity contribution in [3.8, 4) is 5.75 Å². The molecular formula is C28H28N2O4.